The van der Waals surface area contributed by atoms with Gasteiger partial charge in [0.25, 0.3) is 5.91 Å². The molecule has 3 aromatic rings. The van der Waals surface area contributed by atoms with Crippen LogP contribution in [0.4, 0.5) is 0 Å². The lowest BCUT2D eigenvalue weighted by molar-refractivity contribution is 0.0748. The highest BCUT2D eigenvalue weighted by molar-refractivity contribution is 5.98. The lowest BCUT2D eigenvalue weighted by Crippen LogP contribution is -2.33. The van der Waals surface area contributed by atoms with Crippen LogP contribution in [0.5, 0.6) is 5.75 Å². The molecular weight excluding hydrogens is 386 g/mol. The maximum atomic E-state index is 13.2. The quantitative estimate of drug-likeness (QED) is 0.627. The molecule has 0 saturated carbocycles. The molecular formula is C26H27N3O2. The van der Waals surface area contributed by atoms with Crippen LogP contribution < -0.4 is 4.74 Å². The van der Waals surface area contributed by atoms with Gasteiger partial charge in [-0.05, 0) is 80.6 Å². The number of amides is 1. The number of pyridine rings is 2. The van der Waals surface area contributed by atoms with E-state index < -0.39 is 0 Å². The van der Waals surface area contributed by atoms with Crippen molar-refractivity contribution in [3.05, 3.63) is 76.2 Å². The number of aromatic nitrogens is 2. The van der Waals surface area contributed by atoms with Crippen molar-refractivity contribution in [2.45, 2.75) is 52.7 Å². The summed E-state index contributed by atoms with van der Waals surface area (Å²) in [5.41, 5.74) is 8.11. The van der Waals surface area contributed by atoms with Gasteiger partial charge in [-0.2, -0.15) is 0 Å². The normalized spacial score (nSPS) is 19.7. The standard InChI is InChI=1S/C26H27N3O2/c1-15-5-7-20(13-27-15)24-8-6-19(12-28-24)10-21-11-23-25(18(4)17(21)3)31-22-9-16(2)29(14-22)26(23)30/h5-8,11-13,16,22H,9-10,14H2,1-4H3/t16-,22+/m1/s1. The molecule has 1 fully saturated rings. The van der Waals surface area contributed by atoms with Crippen LogP contribution in [0.3, 0.4) is 0 Å². The number of carbonyl (C=O) groups is 1. The molecule has 5 nitrogen and oxygen atoms in total. The summed E-state index contributed by atoms with van der Waals surface area (Å²) in [5, 5.41) is 0. The minimum Gasteiger partial charge on any atom is -0.487 e. The van der Waals surface area contributed by atoms with Crippen molar-refractivity contribution in [3.8, 4) is 17.0 Å². The molecule has 1 amide bonds. The molecule has 2 bridgehead atoms. The van der Waals surface area contributed by atoms with E-state index in [1.54, 1.807) is 0 Å². The summed E-state index contributed by atoms with van der Waals surface area (Å²) in [7, 11) is 0. The van der Waals surface area contributed by atoms with Gasteiger partial charge < -0.3 is 9.64 Å². The molecule has 31 heavy (non-hydrogen) atoms. The number of fused-ring (bicyclic) bond motifs is 3. The summed E-state index contributed by atoms with van der Waals surface area (Å²) in [6, 6.07) is 10.4. The molecule has 0 unspecified atom stereocenters. The summed E-state index contributed by atoms with van der Waals surface area (Å²) < 4.78 is 6.30. The maximum absolute atomic E-state index is 13.2. The Morgan fingerprint density at radius 1 is 1.06 bits per heavy atom. The summed E-state index contributed by atoms with van der Waals surface area (Å²) in [6.07, 6.45) is 5.50. The number of hydrogen-bond acceptors (Lipinski definition) is 4. The average molecular weight is 414 g/mol. The van der Waals surface area contributed by atoms with E-state index in [4.69, 9.17) is 4.74 Å². The van der Waals surface area contributed by atoms with E-state index in [9.17, 15) is 4.79 Å². The molecule has 0 N–H and O–H groups in total. The SMILES string of the molecule is Cc1ccc(-c2ccc(Cc3cc4c(c(C)c3C)O[C@H]3C[C@@H](C)N(C3)C4=O)cn2)cn1. The van der Waals surface area contributed by atoms with E-state index in [0.717, 1.165) is 52.2 Å². The number of hydrogen-bond donors (Lipinski definition) is 0. The molecule has 2 aliphatic rings. The Kier molecular flexibility index (Phi) is 4.77. The van der Waals surface area contributed by atoms with Crippen LogP contribution in [-0.4, -0.2) is 39.5 Å². The Bertz CT molecular complexity index is 1150. The van der Waals surface area contributed by atoms with Gasteiger partial charge >= 0.3 is 0 Å². The summed E-state index contributed by atoms with van der Waals surface area (Å²) in [6.45, 7) is 8.94. The zero-order valence-corrected chi connectivity index (χ0v) is 18.5. The van der Waals surface area contributed by atoms with Crippen molar-refractivity contribution in [3.63, 3.8) is 0 Å². The monoisotopic (exact) mass is 413 g/mol. The number of aryl methyl sites for hydroxylation is 1. The minimum absolute atomic E-state index is 0.0900. The van der Waals surface area contributed by atoms with Gasteiger partial charge in [-0.1, -0.05) is 6.07 Å². The molecule has 5 rings (SSSR count). The topological polar surface area (TPSA) is 55.3 Å². The number of benzene rings is 1. The van der Waals surface area contributed by atoms with Crippen LogP contribution >= 0.6 is 0 Å². The zero-order chi connectivity index (χ0) is 21.7. The van der Waals surface area contributed by atoms with Crippen molar-refractivity contribution in [2.24, 2.45) is 0 Å². The van der Waals surface area contributed by atoms with E-state index in [-0.39, 0.29) is 18.1 Å². The zero-order valence-electron chi connectivity index (χ0n) is 18.5. The third-order valence-electron chi connectivity index (χ3n) is 6.69. The predicted molar refractivity (Wildman–Crippen MR) is 120 cm³/mol. The second kappa shape index (κ2) is 7.49. The van der Waals surface area contributed by atoms with Crippen LogP contribution in [0.25, 0.3) is 11.3 Å². The molecule has 4 heterocycles. The Hall–Kier alpha value is -3.21. The van der Waals surface area contributed by atoms with Crippen LogP contribution in [0.15, 0.2) is 42.7 Å². The molecule has 1 aromatic carbocycles. The summed E-state index contributed by atoms with van der Waals surface area (Å²) >= 11 is 0. The van der Waals surface area contributed by atoms with Gasteiger partial charge in [0.1, 0.15) is 11.9 Å². The fourth-order valence-corrected chi connectivity index (χ4v) is 4.67. The maximum Gasteiger partial charge on any atom is 0.258 e. The molecule has 2 aliphatic heterocycles. The van der Waals surface area contributed by atoms with Crippen LogP contribution in [0.1, 0.15) is 51.7 Å². The minimum atomic E-state index is 0.0900. The first-order valence-electron chi connectivity index (χ1n) is 10.9. The fraction of sp³-hybridized carbons (Fsp3) is 0.346. The average Bonchev–Trinajstić information content (AvgIpc) is 3.07. The van der Waals surface area contributed by atoms with Gasteiger partial charge in [-0.25, -0.2) is 0 Å². The van der Waals surface area contributed by atoms with E-state index in [0.29, 0.717) is 12.1 Å². The first kappa shape index (κ1) is 19.7. The third-order valence-corrected chi connectivity index (χ3v) is 6.69. The molecule has 1 saturated heterocycles. The fourth-order valence-electron chi connectivity index (χ4n) is 4.67. The van der Waals surface area contributed by atoms with Gasteiger partial charge in [0, 0.05) is 36.1 Å². The Balaban J connectivity index is 1.46. The first-order valence-corrected chi connectivity index (χ1v) is 10.9. The number of nitrogens with zero attached hydrogens (tertiary/aromatic N) is 3. The highest BCUT2D eigenvalue weighted by Crippen LogP contribution is 2.38. The van der Waals surface area contributed by atoms with Gasteiger partial charge in [0.2, 0.25) is 0 Å². The lowest BCUT2D eigenvalue weighted by Gasteiger charge is -2.24. The number of ether oxygens (including phenoxy) is 1. The molecule has 0 spiro atoms. The van der Waals surface area contributed by atoms with Gasteiger partial charge in [-0.15, -0.1) is 0 Å². The van der Waals surface area contributed by atoms with Gasteiger partial charge in [0.15, 0.2) is 0 Å². The first-order chi connectivity index (χ1) is 14.9. The van der Waals surface area contributed by atoms with E-state index in [2.05, 4.69) is 36.8 Å². The summed E-state index contributed by atoms with van der Waals surface area (Å²) in [4.78, 5) is 24.2. The van der Waals surface area contributed by atoms with Crippen molar-refractivity contribution in [1.82, 2.24) is 14.9 Å². The van der Waals surface area contributed by atoms with Gasteiger partial charge in [0.05, 0.1) is 17.8 Å². The lowest BCUT2D eigenvalue weighted by atomic mass is 9.93. The van der Waals surface area contributed by atoms with E-state index in [1.165, 1.54) is 5.56 Å². The molecule has 0 aliphatic carbocycles. The van der Waals surface area contributed by atoms with Crippen molar-refractivity contribution < 1.29 is 9.53 Å². The van der Waals surface area contributed by atoms with Crippen molar-refractivity contribution in [2.75, 3.05) is 6.54 Å². The Morgan fingerprint density at radius 2 is 1.90 bits per heavy atom. The summed E-state index contributed by atoms with van der Waals surface area (Å²) in [5.74, 6) is 0.859. The molecule has 2 atom stereocenters. The van der Waals surface area contributed by atoms with E-state index >= 15 is 0 Å². The molecule has 0 radical (unpaired) electrons. The van der Waals surface area contributed by atoms with Crippen molar-refractivity contribution >= 4 is 5.91 Å². The highest BCUT2D eigenvalue weighted by atomic mass is 16.5. The number of carbonyl (C=O) groups excluding carboxylic acids is 1. The highest BCUT2D eigenvalue weighted by Gasteiger charge is 2.39. The second-order valence-corrected chi connectivity index (χ2v) is 8.86. The van der Waals surface area contributed by atoms with Crippen LogP contribution in [-0.2, 0) is 6.42 Å². The number of rotatable bonds is 3. The van der Waals surface area contributed by atoms with E-state index in [1.807, 2.05) is 48.5 Å². The van der Waals surface area contributed by atoms with Crippen LogP contribution in [0.2, 0.25) is 0 Å². The van der Waals surface area contributed by atoms with Crippen LogP contribution in [0, 0.1) is 20.8 Å². The molecule has 158 valence electrons. The Morgan fingerprint density at radius 3 is 2.61 bits per heavy atom. The predicted octanol–water partition coefficient (Wildman–Crippen LogP) is 4.66. The largest absolute Gasteiger partial charge is 0.487 e. The Labute approximate surface area is 183 Å². The van der Waals surface area contributed by atoms with Crippen molar-refractivity contribution in [1.29, 1.82) is 0 Å². The molecule has 5 heteroatoms. The third kappa shape index (κ3) is 3.48. The smallest absolute Gasteiger partial charge is 0.258 e. The molecule has 2 aromatic heterocycles. The second-order valence-electron chi connectivity index (χ2n) is 8.86. The van der Waals surface area contributed by atoms with Gasteiger partial charge in [-0.3, -0.25) is 14.8 Å².